The van der Waals surface area contributed by atoms with E-state index in [0.29, 0.717) is 6.04 Å². The van der Waals surface area contributed by atoms with E-state index in [-0.39, 0.29) is 0 Å². The highest BCUT2D eigenvalue weighted by Gasteiger charge is 2.26. The second kappa shape index (κ2) is 6.34. The number of hydrogen-bond acceptors (Lipinski definition) is 3. The molecule has 2 aromatic carbocycles. The molecule has 0 amide bonds. The summed E-state index contributed by atoms with van der Waals surface area (Å²) < 4.78 is 2.10. The van der Waals surface area contributed by atoms with Crippen LogP contribution in [0.2, 0.25) is 0 Å². The molecular formula is C19H20N4. The quantitative estimate of drug-likeness (QED) is 0.741. The van der Waals surface area contributed by atoms with Crippen LogP contribution in [0.3, 0.4) is 0 Å². The van der Waals surface area contributed by atoms with Crippen LogP contribution in [0.15, 0.2) is 66.9 Å². The molecule has 1 atom stereocenters. The van der Waals surface area contributed by atoms with Gasteiger partial charge in [0.2, 0.25) is 0 Å². The van der Waals surface area contributed by atoms with Gasteiger partial charge in [0.1, 0.15) is 0 Å². The number of benzene rings is 2. The van der Waals surface area contributed by atoms with Crippen LogP contribution < -0.4 is 0 Å². The Bertz CT molecular complexity index is 751. The number of aromatic nitrogens is 3. The van der Waals surface area contributed by atoms with Crippen LogP contribution in [0.4, 0.5) is 0 Å². The third-order valence-electron chi connectivity index (χ3n) is 4.49. The van der Waals surface area contributed by atoms with Crippen molar-refractivity contribution in [3.63, 3.8) is 0 Å². The lowest BCUT2D eigenvalue weighted by molar-refractivity contribution is 0.311. The molecule has 1 aliphatic rings. The third-order valence-corrected chi connectivity index (χ3v) is 4.49. The molecule has 1 unspecified atom stereocenters. The first-order valence-electron chi connectivity index (χ1n) is 8.12. The number of rotatable bonds is 4. The van der Waals surface area contributed by atoms with Gasteiger partial charge in [-0.05, 0) is 12.0 Å². The SMILES string of the molecule is c1ccc(CN2CCC(n3nncc3-c3ccccc3)C2)cc1. The zero-order chi connectivity index (χ0) is 15.5. The molecule has 4 rings (SSSR count). The van der Waals surface area contributed by atoms with Crippen molar-refractivity contribution in [1.82, 2.24) is 19.9 Å². The minimum absolute atomic E-state index is 0.399. The van der Waals surface area contributed by atoms with Gasteiger partial charge >= 0.3 is 0 Å². The van der Waals surface area contributed by atoms with E-state index in [9.17, 15) is 0 Å². The standard InChI is InChI=1S/C19H20N4/c1-3-7-16(8-4-1)14-22-12-11-18(15-22)23-19(13-20-21-23)17-9-5-2-6-10-17/h1-10,13,18H,11-12,14-15H2. The first-order chi connectivity index (χ1) is 11.4. The van der Waals surface area contributed by atoms with Crippen LogP contribution in [-0.4, -0.2) is 33.0 Å². The van der Waals surface area contributed by atoms with Gasteiger partial charge in [-0.15, -0.1) is 5.10 Å². The van der Waals surface area contributed by atoms with E-state index in [0.717, 1.165) is 31.7 Å². The van der Waals surface area contributed by atoms with Gasteiger partial charge in [0.15, 0.2) is 0 Å². The molecule has 0 saturated carbocycles. The maximum absolute atomic E-state index is 4.36. The van der Waals surface area contributed by atoms with Gasteiger partial charge in [-0.25, -0.2) is 4.68 Å². The number of nitrogens with zero attached hydrogens (tertiary/aromatic N) is 4. The molecule has 0 spiro atoms. The van der Waals surface area contributed by atoms with Crippen molar-refractivity contribution in [2.24, 2.45) is 0 Å². The fraction of sp³-hybridized carbons (Fsp3) is 0.263. The summed E-state index contributed by atoms with van der Waals surface area (Å²) in [4.78, 5) is 2.50. The molecule has 0 radical (unpaired) electrons. The molecule has 1 fully saturated rings. The lowest BCUT2D eigenvalue weighted by Gasteiger charge is -2.17. The van der Waals surface area contributed by atoms with Crippen molar-refractivity contribution >= 4 is 0 Å². The molecule has 0 bridgehead atoms. The summed E-state index contributed by atoms with van der Waals surface area (Å²) in [6.45, 7) is 3.14. The average Bonchev–Trinajstić information content (AvgIpc) is 3.25. The van der Waals surface area contributed by atoms with Crippen LogP contribution in [0.1, 0.15) is 18.0 Å². The summed E-state index contributed by atoms with van der Waals surface area (Å²) in [5.74, 6) is 0. The zero-order valence-corrected chi connectivity index (χ0v) is 13.0. The van der Waals surface area contributed by atoms with Crippen molar-refractivity contribution in [2.45, 2.75) is 19.0 Å². The van der Waals surface area contributed by atoms with Gasteiger partial charge in [0, 0.05) is 25.2 Å². The van der Waals surface area contributed by atoms with Crippen molar-refractivity contribution in [3.8, 4) is 11.3 Å². The Morgan fingerprint density at radius 3 is 2.48 bits per heavy atom. The van der Waals surface area contributed by atoms with Crippen molar-refractivity contribution in [2.75, 3.05) is 13.1 Å². The smallest absolute Gasteiger partial charge is 0.0889 e. The molecule has 1 aromatic heterocycles. The monoisotopic (exact) mass is 304 g/mol. The van der Waals surface area contributed by atoms with Crippen LogP contribution in [-0.2, 0) is 6.54 Å². The molecule has 1 saturated heterocycles. The predicted molar refractivity (Wildman–Crippen MR) is 90.8 cm³/mol. The third kappa shape index (κ3) is 3.03. The first-order valence-corrected chi connectivity index (χ1v) is 8.12. The van der Waals surface area contributed by atoms with Crippen LogP contribution in [0, 0.1) is 0 Å². The molecular weight excluding hydrogens is 284 g/mol. The Balaban J connectivity index is 1.50. The summed E-state index contributed by atoms with van der Waals surface area (Å²) in [6, 6.07) is 21.4. The van der Waals surface area contributed by atoms with Crippen LogP contribution >= 0.6 is 0 Å². The van der Waals surface area contributed by atoms with Crippen molar-refractivity contribution in [1.29, 1.82) is 0 Å². The minimum Gasteiger partial charge on any atom is -0.297 e. The molecule has 0 N–H and O–H groups in total. The van der Waals surface area contributed by atoms with E-state index in [2.05, 4.69) is 74.5 Å². The molecule has 1 aliphatic heterocycles. The lowest BCUT2D eigenvalue weighted by Crippen LogP contribution is -2.21. The fourth-order valence-corrected chi connectivity index (χ4v) is 3.33. The van der Waals surface area contributed by atoms with Gasteiger partial charge in [-0.2, -0.15) is 0 Å². The zero-order valence-electron chi connectivity index (χ0n) is 13.0. The number of likely N-dealkylation sites (tertiary alicyclic amines) is 1. The van der Waals surface area contributed by atoms with E-state index in [1.165, 1.54) is 11.1 Å². The lowest BCUT2D eigenvalue weighted by atomic mass is 10.1. The molecule has 2 heterocycles. The maximum Gasteiger partial charge on any atom is 0.0889 e. The normalized spacial score (nSPS) is 18.3. The number of hydrogen-bond donors (Lipinski definition) is 0. The van der Waals surface area contributed by atoms with E-state index in [4.69, 9.17) is 0 Å². The van der Waals surface area contributed by atoms with Crippen LogP contribution in [0.5, 0.6) is 0 Å². The topological polar surface area (TPSA) is 34.0 Å². The van der Waals surface area contributed by atoms with E-state index in [1.807, 2.05) is 12.3 Å². The van der Waals surface area contributed by atoms with E-state index >= 15 is 0 Å². The first kappa shape index (κ1) is 14.2. The molecule has 3 aromatic rings. The Morgan fingerprint density at radius 2 is 1.70 bits per heavy atom. The Labute approximate surface area is 136 Å². The molecule has 23 heavy (non-hydrogen) atoms. The van der Waals surface area contributed by atoms with Crippen molar-refractivity contribution in [3.05, 3.63) is 72.4 Å². The highest BCUT2D eigenvalue weighted by atomic mass is 15.4. The minimum atomic E-state index is 0.399. The Hall–Kier alpha value is -2.46. The van der Waals surface area contributed by atoms with E-state index in [1.54, 1.807) is 0 Å². The largest absolute Gasteiger partial charge is 0.297 e. The Morgan fingerprint density at radius 1 is 0.957 bits per heavy atom. The highest BCUT2D eigenvalue weighted by Crippen LogP contribution is 2.27. The maximum atomic E-state index is 4.36. The molecule has 116 valence electrons. The summed E-state index contributed by atoms with van der Waals surface area (Å²) in [6.07, 6.45) is 2.99. The summed E-state index contributed by atoms with van der Waals surface area (Å²) >= 11 is 0. The Kier molecular flexibility index (Phi) is 3.90. The van der Waals surface area contributed by atoms with Gasteiger partial charge in [-0.3, -0.25) is 4.90 Å². The van der Waals surface area contributed by atoms with Crippen LogP contribution in [0.25, 0.3) is 11.3 Å². The van der Waals surface area contributed by atoms with Gasteiger partial charge in [0.25, 0.3) is 0 Å². The summed E-state index contributed by atoms with van der Waals surface area (Å²) in [5, 5.41) is 8.50. The predicted octanol–water partition coefficient (Wildman–Crippen LogP) is 3.39. The molecule has 4 nitrogen and oxygen atoms in total. The van der Waals surface area contributed by atoms with Gasteiger partial charge < -0.3 is 0 Å². The molecule has 4 heteroatoms. The fourth-order valence-electron chi connectivity index (χ4n) is 3.33. The second-order valence-electron chi connectivity index (χ2n) is 6.09. The van der Waals surface area contributed by atoms with Crippen molar-refractivity contribution < 1.29 is 0 Å². The second-order valence-corrected chi connectivity index (χ2v) is 6.09. The van der Waals surface area contributed by atoms with Gasteiger partial charge in [0.05, 0.1) is 17.9 Å². The average molecular weight is 304 g/mol. The van der Waals surface area contributed by atoms with E-state index < -0.39 is 0 Å². The highest BCUT2D eigenvalue weighted by molar-refractivity contribution is 5.58. The summed E-state index contributed by atoms with van der Waals surface area (Å²) in [5.41, 5.74) is 3.66. The summed E-state index contributed by atoms with van der Waals surface area (Å²) in [7, 11) is 0. The molecule has 0 aliphatic carbocycles. The van der Waals surface area contributed by atoms with Gasteiger partial charge in [-0.1, -0.05) is 65.9 Å².